The van der Waals surface area contributed by atoms with Crippen LogP contribution < -0.4 is 0 Å². The fourth-order valence-corrected chi connectivity index (χ4v) is 3.08. The van der Waals surface area contributed by atoms with Gasteiger partial charge in [-0.2, -0.15) is 12.2 Å². The standard InChI is InChI=1S/2C12H19.Fe/c2*1-2-3-4-5-6-9-12-10-7-8-11-12;/h2*7,10H,2-6,8-9H2,1H3;/q2*-1;+2. The van der Waals surface area contributed by atoms with Crippen LogP contribution in [0.5, 0.6) is 0 Å². The van der Waals surface area contributed by atoms with E-state index in [2.05, 4.69) is 50.3 Å². The van der Waals surface area contributed by atoms with Crippen molar-refractivity contribution in [2.75, 3.05) is 0 Å². The predicted molar refractivity (Wildman–Crippen MR) is 108 cm³/mol. The van der Waals surface area contributed by atoms with Crippen molar-refractivity contribution in [3.05, 3.63) is 47.6 Å². The van der Waals surface area contributed by atoms with Crippen LogP contribution in [-0.4, -0.2) is 0 Å². The first-order chi connectivity index (χ1) is 11.9. The van der Waals surface area contributed by atoms with Crippen molar-refractivity contribution in [2.45, 2.75) is 104 Å². The zero-order valence-electron chi connectivity index (χ0n) is 16.6. The van der Waals surface area contributed by atoms with Gasteiger partial charge in [-0.25, -0.2) is 23.3 Å². The van der Waals surface area contributed by atoms with Crippen LogP contribution >= 0.6 is 0 Å². The van der Waals surface area contributed by atoms with E-state index in [9.17, 15) is 0 Å². The molecule has 0 aliphatic heterocycles. The molecule has 0 N–H and O–H groups in total. The van der Waals surface area contributed by atoms with Crippen LogP contribution in [0.15, 0.2) is 35.5 Å². The Balaban J connectivity index is 0.000000443. The van der Waals surface area contributed by atoms with Crippen molar-refractivity contribution in [1.29, 1.82) is 0 Å². The molecule has 2 aliphatic rings. The van der Waals surface area contributed by atoms with Crippen LogP contribution in [0.3, 0.4) is 0 Å². The number of rotatable bonds is 12. The van der Waals surface area contributed by atoms with Gasteiger partial charge in [0.15, 0.2) is 0 Å². The second-order valence-electron chi connectivity index (χ2n) is 6.95. The van der Waals surface area contributed by atoms with Gasteiger partial charge in [-0.1, -0.05) is 90.9 Å². The Morgan fingerprint density at radius 1 is 0.640 bits per heavy atom. The number of unbranched alkanes of at least 4 members (excludes halogenated alkanes) is 8. The van der Waals surface area contributed by atoms with Crippen LogP contribution in [0.2, 0.25) is 0 Å². The van der Waals surface area contributed by atoms with Crippen molar-refractivity contribution in [1.82, 2.24) is 0 Å². The summed E-state index contributed by atoms with van der Waals surface area (Å²) in [5, 5.41) is 0. The molecule has 0 radical (unpaired) electrons. The van der Waals surface area contributed by atoms with Gasteiger partial charge in [0, 0.05) is 0 Å². The van der Waals surface area contributed by atoms with E-state index in [1.54, 1.807) is 0 Å². The molecule has 0 aromatic carbocycles. The van der Waals surface area contributed by atoms with Crippen molar-refractivity contribution in [3.8, 4) is 0 Å². The number of allylic oxidation sites excluding steroid dienone is 8. The largest absolute Gasteiger partial charge is 2.00 e. The Kier molecular flexibility index (Phi) is 17.9. The topological polar surface area (TPSA) is 0 Å². The molecule has 2 rings (SSSR count). The SMILES string of the molecule is CCCCCCCC1=[C-]CC=C1.CCCCCCCC1=[C-]CC=C1.[Fe+2]. The van der Waals surface area contributed by atoms with Crippen LogP contribution in [0.1, 0.15) is 104 Å². The molecular weight excluding hydrogens is 344 g/mol. The summed E-state index contributed by atoms with van der Waals surface area (Å²) in [7, 11) is 0. The second kappa shape index (κ2) is 18.3. The molecule has 142 valence electrons. The van der Waals surface area contributed by atoms with Gasteiger partial charge in [-0.15, -0.1) is 12.8 Å². The fraction of sp³-hybridized carbons (Fsp3) is 0.667. The van der Waals surface area contributed by atoms with Gasteiger partial charge in [0.2, 0.25) is 0 Å². The van der Waals surface area contributed by atoms with Crippen LogP contribution in [0.25, 0.3) is 0 Å². The molecule has 0 aromatic heterocycles. The average molecular weight is 382 g/mol. The van der Waals surface area contributed by atoms with Crippen molar-refractivity contribution < 1.29 is 17.1 Å². The molecule has 0 fully saturated rings. The van der Waals surface area contributed by atoms with E-state index in [1.165, 1.54) is 88.2 Å². The predicted octanol–water partition coefficient (Wildman–Crippen LogP) is 8.07. The Morgan fingerprint density at radius 2 is 1.04 bits per heavy atom. The van der Waals surface area contributed by atoms with Gasteiger partial charge in [0.1, 0.15) is 0 Å². The van der Waals surface area contributed by atoms with E-state index in [4.69, 9.17) is 0 Å². The Morgan fingerprint density at radius 3 is 1.36 bits per heavy atom. The number of hydrogen-bond acceptors (Lipinski definition) is 0. The van der Waals surface area contributed by atoms with Gasteiger partial charge >= 0.3 is 17.1 Å². The minimum Gasteiger partial charge on any atom is -0.269 e. The summed E-state index contributed by atoms with van der Waals surface area (Å²) in [5.74, 6) is 0. The molecule has 0 bridgehead atoms. The molecule has 0 amide bonds. The van der Waals surface area contributed by atoms with Gasteiger partial charge < -0.3 is 0 Å². The zero-order chi connectivity index (χ0) is 17.3. The molecule has 0 unspecified atom stereocenters. The molecule has 25 heavy (non-hydrogen) atoms. The minimum atomic E-state index is 0. The summed E-state index contributed by atoms with van der Waals surface area (Å²) >= 11 is 0. The first kappa shape index (κ1) is 24.5. The normalized spacial score (nSPS) is 14.6. The maximum Gasteiger partial charge on any atom is 2.00 e. The zero-order valence-corrected chi connectivity index (χ0v) is 17.7. The Labute approximate surface area is 168 Å². The monoisotopic (exact) mass is 382 g/mol. The van der Waals surface area contributed by atoms with Gasteiger partial charge in [0.05, 0.1) is 0 Å². The van der Waals surface area contributed by atoms with E-state index in [0.29, 0.717) is 0 Å². The van der Waals surface area contributed by atoms with E-state index in [-0.39, 0.29) is 17.1 Å². The van der Waals surface area contributed by atoms with Crippen molar-refractivity contribution in [2.24, 2.45) is 0 Å². The van der Waals surface area contributed by atoms with E-state index in [1.807, 2.05) is 0 Å². The third kappa shape index (κ3) is 14.3. The van der Waals surface area contributed by atoms with Gasteiger partial charge in [0.25, 0.3) is 0 Å². The number of hydrogen-bond donors (Lipinski definition) is 0. The summed E-state index contributed by atoms with van der Waals surface area (Å²) in [6.07, 6.45) is 33.9. The molecular formula is C24H38Fe. The third-order valence-corrected chi connectivity index (χ3v) is 4.63. The van der Waals surface area contributed by atoms with Crippen molar-refractivity contribution in [3.63, 3.8) is 0 Å². The van der Waals surface area contributed by atoms with Crippen LogP contribution in [-0.2, 0) is 17.1 Å². The van der Waals surface area contributed by atoms with Crippen LogP contribution in [0.4, 0.5) is 0 Å². The van der Waals surface area contributed by atoms with E-state index < -0.39 is 0 Å². The maximum atomic E-state index is 3.35. The molecule has 0 nitrogen and oxygen atoms in total. The molecule has 0 saturated carbocycles. The minimum absolute atomic E-state index is 0. The second-order valence-corrected chi connectivity index (χ2v) is 6.95. The Bertz CT molecular complexity index is 372. The smallest absolute Gasteiger partial charge is 0.269 e. The van der Waals surface area contributed by atoms with Crippen molar-refractivity contribution >= 4 is 0 Å². The first-order valence-corrected chi connectivity index (χ1v) is 10.4. The average Bonchev–Trinajstić information content (AvgIpc) is 3.29. The van der Waals surface area contributed by atoms with Crippen LogP contribution in [0, 0.1) is 12.2 Å². The third-order valence-electron chi connectivity index (χ3n) is 4.63. The summed E-state index contributed by atoms with van der Waals surface area (Å²) in [6, 6.07) is 0. The molecule has 0 heterocycles. The molecule has 2 aliphatic carbocycles. The maximum absolute atomic E-state index is 3.35. The summed E-state index contributed by atoms with van der Waals surface area (Å²) in [5.41, 5.74) is 2.87. The summed E-state index contributed by atoms with van der Waals surface area (Å²) in [4.78, 5) is 0. The van der Waals surface area contributed by atoms with E-state index in [0.717, 1.165) is 12.8 Å². The van der Waals surface area contributed by atoms with Gasteiger partial charge in [-0.3, -0.25) is 12.2 Å². The molecule has 0 saturated heterocycles. The fourth-order valence-electron chi connectivity index (χ4n) is 3.08. The first-order valence-electron chi connectivity index (χ1n) is 10.4. The molecule has 0 spiro atoms. The quantitative estimate of drug-likeness (QED) is 0.182. The molecule has 0 atom stereocenters. The van der Waals surface area contributed by atoms with Gasteiger partial charge in [-0.05, 0) is 0 Å². The Hall–Kier alpha value is -0.521. The summed E-state index contributed by atoms with van der Waals surface area (Å²) in [6.45, 7) is 4.52. The van der Waals surface area contributed by atoms with E-state index >= 15 is 0 Å². The molecule has 1 heteroatoms. The molecule has 0 aromatic rings. The summed E-state index contributed by atoms with van der Waals surface area (Å²) < 4.78 is 0.